The second-order valence-corrected chi connectivity index (χ2v) is 7.36. The number of aromatic amines is 1. The first-order chi connectivity index (χ1) is 13.4. The summed E-state index contributed by atoms with van der Waals surface area (Å²) in [7, 11) is 0. The quantitative estimate of drug-likeness (QED) is 0.739. The average Bonchev–Trinajstić information content (AvgIpc) is 2.65. The third-order valence-corrected chi connectivity index (χ3v) is 4.99. The predicted octanol–water partition coefficient (Wildman–Crippen LogP) is 2.54. The molecule has 2 atom stereocenters. The van der Waals surface area contributed by atoms with E-state index in [-0.39, 0.29) is 35.0 Å². The fraction of sp³-hybridized carbons (Fsp3) is 0.381. The number of hydrogen-bond acceptors (Lipinski definition) is 3. The summed E-state index contributed by atoms with van der Waals surface area (Å²) in [5.41, 5.74) is 0.935. The number of aromatic nitrogens is 1. The first kappa shape index (κ1) is 19.8. The monoisotopic (exact) mass is 385 g/mol. The highest BCUT2D eigenvalue weighted by molar-refractivity contribution is 5.94. The number of H-pyrrole nitrogens is 1. The maximum atomic E-state index is 13.5. The molecular formula is C21H24FN3O3. The van der Waals surface area contributed by atoms with Crippen LogP contribution in [0.4, 0.5) is 4.39 Å². The highest BCUT2D eigenvalue weighted by Crippen LogP contribution is 2.24. The molecule has 0 bridgehead atoms. The number of benzene rings is 1. The maximum absolute atomic E-state index is 13.5. The lowest BCUT2D eigenvalue weighted by atomic mass is 9.85. The Kier molecular flexibility index (Phi) is 6.23. The van der Waals surface area contributed by atoms with Crippen molar-refractivity contribution in [3.63, 3.8) is 0 Å². The van der Waals surface area contributed by atoms with E-state index in [2.05, 4.69) is 15.6 Å². The molecule has 7 heteroatoms. The zero-order chi connectivity index (χ0) is 20.1. The van der Waals surface area contributed by atoms with E-state index < -0.39 is 5.82 Å². The van der Waals surface area contributed by atoms with Crippen molar-refractivity contribution >= 4 is 11.8 Å². The van der Waals surface area contributed by atoms with Gasteiger partial charge in [-0.25, -0.2) is 4.39 Å². The van der Waals surface area contributed by atoms with Crippen LogP contribution in [0.15, 0.2) is 41.2 Å². The summed E-state index contributed by atoms with van der Waals surface area (Å²) in [4.78, 5) is 38.5. The molecular weight excluding hydrogens is 361 g/mol. The van der Waals surface area contributed by atoms with E-state index in [9.17, 15) is 18.8 Å². The van der Waals surface area contributed by atoms with Crippen LogP contribution < -0.4 is 16.2 Å². The van der Waals surface area contributed by atoms with Crippen molar-refractivity contribution in [1.82, 2.24) is 15.6 Å². The Hall–Kier alpha value is -2.96. The van der Waals surface area contributed by atoms with E-state index >= 15 is 0 Å². The molecule has 6 nitrogen and oxygen atoms in total. The van der Waals surface area contributed by atoms with Crippen LogP contribution in [0.3, 0.4) is 0 Å². The van der Waals surface area contributed by atoms with Crippen molar-refractivity contribution in [2.45, 2.75) is 38.6 Å². The molecule has 1 aliphatic carbocycles. The highest BCUT2D eigenvalue weighted by Gasteiger charge is 2.24. The van der Waals surface area contributed by atoms with Gasteiger partial charge in [0.05, 0.1) is 0 Å². The summed E-state index contributed by atoms with van der Waals surface area (Å²) < 4.78 is 13.5. The molecule has 28 heavy (non-hydrogen) atoms. The van der Waals surface area contributed by atoms with Crippen LogP contribution in [0.25, 0.3) is 0 Å². The minimum Gasteiger partial charge on any atom is -0.352 e. The number of halogens is 1. The van der Waals surface area contributed by atoms with Crippen LogP contribution in [0, 0.1) is 18.7 Å². The van der Waals surface area contributed by atoms with Crippen LogP contribution in [-0.2, 0) is 0 Å². The molecule has 0 saturated heterocycles. The molecule has 0 radical (unpaired) electrons. The zero-order valence-corrected chi connectivity index (χ0v) is 15.8. The summed E-state index contributed by atoms with van der Waals surface area (Å²) in [6.45, 7) is 2.22. The maximum Gasteiger partial charge on any atom is 0.268 e. The second-order valence-electron chi connectivity index (χ2n) is 7.36. The van der Waals surface area contributed by atoms with E-state index in [1.54, 1.807) is 25.1 Å². The third-order valence-electron chi connectivity index (χ3n) is 4.99. The minimum absolute atomic E-state index is 0.0109. The van der Waals surface area contributed by atoms with E-state index in [4.69, 9.17) is 0 Å². The average molecular weight is 385 g/mol. The van der Waals surface area contributed by atoms with Crippen molar-refractivity contribution in [3.8, 4) is 0 Å². The summed E-state index contributed by atoms with van der Waals surface area (Å²) in [5.74, 6) is -0.796. The topological polar surface area (TPSA) is 91.1 Å². The SMILES string of the molecule is Cc1cc(F)cc(C(=O)NC[C@@H]2CCC[C@H](NC(=O)c3cccc(=O)[nH]3)C2)c1. The summed E-state index contributed by atoms with van der Waals surface area (Å²) >= 11 is 0. The van der Waals surface area contributed by atoms with Crippen LogP contribution in [0.5, 0.6) is 0 Å². The Morgan fingerprint density at radius 1 is 1.18 bits per heavy atom. The number of hydrogen-bond donors (Lipinski definition) is 3. The summed E-state index contributed by atoms with van der Waals surface area (Å²) in [6.07, 6.45) is 3.49. The van der Waals surface area contributed by atoms with Crippen molar-refractivity contribution in [2.75, 3.05) is 6.54 Å². The van der Waals surface area contributed by atoms with Crippen LogP contribution in [0.2, 0.25) is 0 Å². The number of aryl methyl sites for hydroxylation is 1. The van der Waals surface area contributed by atoms with E-state index in [1.807, 2.05) is 0 Å². The van der Waals surface area contributed by atoms with Crippen molar-refractivity contribution < 1.29 is 14.0 Å². The molecule has 3 N–H and O–H groups in total. The molecule has 2 amide bonds. The van der Waals surface area contributed by atoms with Gasteiger partial charge in [0.2, 0.25) is 5.56 Å². The van der Waals surface area contributed by atoms with Crippen LogP contribution >= 0.6 is 0 Å². The summed E-state index contributed by atoms with van der Waals surface area (Å²) in [6, 6.07) is 8.72. The van der Waals surface area contributed by atoms with Gasteiger partial charge in [-0.3, -0.25) is 14.4 Å². The van der Waals surface area contributed by atoms with Crippen molar-refractivity contribution in [3.05, 3.63) is 69.4 Å². The Balaban J connectivity index is 1.52. The second kappa shape index (κ2) is 8.82. The Bertz CT molecular complexity index is 905. The molecule has 1 heterocycles. The zero-order valence-electron chi connectivity index (χ0n) is 15.8. The van der Waals surface area contributed by atoms with Gasteiger partial charge in [-0.1, -0.05) is 12.5 Å². The van der Waals surface area contributed by atoms with Gasteiger partial charge in [0, 0.05) is 24.2 Å². The smallest absolute Gasteiger partial charge is 0.268 e. The lowest BCUT2D eigenvalue weighted by Crippen LogP contribution is -2.41. The number of rotatable bonds is 5. The van der Waals surface area contributed by atoms with Gasteiger partial charge < -0.3 is 15.6 Å². The number of pyridine rings is 1. The number of carbonyl (C=O) groups is 2. The predicted molar refractivity (Wildman–Crippen MR) is 104 cm³/mol. The molecule has 0 unspecified atom stereocenters. The first-order valence-electron chi connectivity index (χ1n) is 9.46. The molecule has 1 fully saturated rings. The Labute approximate surface area is 162 Å². The number of nitrogens with one attached hydrogen (secondary N) is 3. The summed E-state index contributed by atoms with van der Waals surface area (Å²) in [5, 5.41) is 5.83. The molecule has 0 spiro atoms. The molecule has 1 aromatic heterocycles. The molecule has 0 aliphatic heterocycles. The van der Waals surface area contributed by atoms with Gasteiger partial charge in [-0.05, 0) is 61.9 Å². The van der Waals surface area contributed by atoms with Crippen LogP contribution in [-0.4, -0.2) is 29.4 Å². The molecule has 2 aromatic rings. The molecule has 148 valence electrons. The normalized spacial score (nSPS) is 19.1. The van der Waals surface area contributed by atoms with Crippen molar-refractivity contribution in [1.29, 1.82) is 0 Å². The molecule has 1 aromatic carbocycles. The lowest BCUT2D eigenvalue weighted by Gasteiger charge is -2.30. The van der Waals surface area contributed by atoms with Crippen LogP contribution in [0.1, 0.15) is 52.1 Å². The molecule has 1 saturated carbocycles. The van der Waals surface area contributed by atoms with Gasteiger partial charge in [0.15, 0.2) is 0 Å². The van der Waals surface area contributed by atoms with Gasteiger partial charge in [-0.15, -0.1) is 0 Å². The lowest BCUT2D eigenvalue weighted by molar-refractivity contribution is 0.0898. The van der Waals surface area contributed by atoms with E-state index in [0.29, 0.717) is 17.7 Å². The van der Waals surface area contributed by atoms with Gasteiger partial charge in [0.1, 0.15) is 11.5 Å². The standard InChI is InChI=1S/C21H24FN3O3/c1-13-8-15(11-16(22)9-13)20(27)23-12-14-4-2-5-17(10-14)24-21(28)18-6-3-7-19(26)25-18/h3,6-9,11,14,17H,2,4-5,10,12H2,1H3,(H,23,27)(H,24,28)(H,25,26)/t14-,17+/m1/s1. The van der Waals surface area contributed by atoms with Gasteiger partial charge in [-0.2, -0.15) is 0 Å². The molecule has 3 rings (SSSR count). The first-order valence-corrected chi connectivity index (χ1v) is 9.46. The number of amides is 2. The minimum atomic E-state index is -0.426. The number of carbonyl (C=O) groups excluding carboxylic acids is 2. The van der Waals surface area contributed by atoms with Gasteiger partial charge in [0.25, 0.3) is 11.8 Å². The fourth-order valence-electron chi connectivity index (χ4n) is 3.66. The van der Waals surface area contributed by atoms with E-state index in [1.165, 1.54) is 18.2 Å². The highest BCUT2D eigenvalue weighted by atomic mass is 19.1. The fourth-order valence-corrected chi connectivity index (χ4v) is 3.66. The van der Waals surface area contributed by atoms with E-state index in [0.717, 1.165) is 25.7 Å². The Morgan fingerprint density at radius 2 is 2.00 bits per heavy atom. The van der Waals surface area contributed by atoms with Gasteiger partial charge >= 0.3 is 0 Å². The molecule has 1 aliphatic rings. The third kappa shape index (κ3) is 5.28. The Morgan fingerprint density at radius 3 is 2.75 bits per heavy atom. The van der Waals surface area contributed by atoms with Crippen molar-refractivity contribution in [2.24, 2.45) is 5.92 Å². The largest absolute Gasteiger partial charge is 0.352 e.